The molecule has 3 heterocycles. The van der Waals surface area contributed by atoms with Crippen LogP contribution in [-0.2, 0) is 16.0 Å². The lowest BCUT2D eigenvalue weighted by Gasteiger charge is -2.43. The van der Waals surface area contributed by atoms with Gasteiger partial charge in [0.05, 0.1) is 18.2 Å². The van der Waals surface area contributed by atoms with E-state index in [1.54, 1.807) is 6.33 Å². The van der Waals surface area contributed by atoms with E-state index in [0.29, 0.717) is 6.04 Å². The van der Waals surface area contributed by atoms with Gasteiger partial charge in [-0.3, -0.25) is 0 Å². The summed E-state index contributed by atoms with van der Waals surface area (Å²) < 4.78 is 13.6. The Hall–Kier alpha value is -0.980. The van der Waals surface area contributed by atoms with Gasteiger partial charge >= 0.3 is 0 Å². The van der Waals surface area contributed by atoms with Crippen LogP contribution in [0.4, 0.5) is 0 Å². The van der Waals surface area contributed by atoms with Crippen LogP contribution >= 0.6 is 0 Å². The summed E-state index contributed by atoms with van der Waals surface area (Å²) in [5, 5.41) is 7.56. The van der Waals surface area contributed by atoms with Gasteiger partial charge in [0.15, 0.2) is 0 Å². The van der Waals surface area contributed by atoms with Gasteiger partial charge in [-0.1, -0.05) is 0 Å². The maximum absolute atomic E-state index is 6.08. The van der Waals surface area contributed by atoms with E-state index >= 15 is 0 Å². The molecular weight excluding hydrogens is 244 g/mol. The van der Waals surface area contributed by atoms with E-state index in [9.17, 15) is 0 Å². The second kappa shape index (κ2) is 5.56. The van der Waals surface area contributed by atoms with Gasteiger partial charge in [0, 0.05) is 19.8 Å². The first-order valence-corrected chi connectivity index (χ1v) is 7.08. The molecule has 3 rings (SSSR count). The molecule has 6 heteroatoms. The fourth-order valence-corrected chi connectivity index (χ4v) is 3.17. The molecule has 1 unspecified atom stereocenters. The van der Waals surface area contributed by atoms with Crippen molar-refractivity contribution < 1.29 is 9.47 Å². The van der Waals surface area contributed by atoms with E-state index in [0.717, 1.165) is 57.9 Å². The molecule has 0 radical (unpaired) electrons. The number of rotatable bonds is 3. The van der Waals surface area contributed by atoms with Crippen molar-refractivity contribution in [3.8, 4) is 0 Å². The zero-order valence-electron chi connectivity index (χ0n) is 11.5. The molecule has 0 aliphatic carbocycles. The topological polar surface area (TPSA) is 61.2 Å². The zero-order chi connectivity index (χ0) is 13.1. The Morgan fingerprint density at radius 3 is 3.05 bits per heavy atom. The molecule has 2 fully saturated rings. The van der Waals surface area contributed by atoms with Crippen LogP contribution in [-0.4, -0.2) is 47.2 Å². The highest BCUT2D eigenvalue weighted by atomic mass is 16.5. The van der Waals surface area contributed by atoms with Crippen LogP contribution < -0.4 is 5.32 Å². The average molecular weight is 266 g/mol. The lowest BCUT2D eigenvalue weighted by Crippen LogP contribution is -2.45. The van der Waals surface area contributed by atoms with Crippen LogP contribution in [0, 0.1) is 0 Å². The summed E-state index contributed by atoms with van der Waals surface area (Å²) in [6, 6.07) is 0.401. The first-order chi connectivity index (χ1) is 9.33. The molecule has 0 amide bonds. The van der Waals surface area contributed by atoms with Gasteiger partial charge in [-0.2, -0.15) is 5.10 Å². The van der Waals surface area contributed by atoms with Crippen molar-refractivity contribution in [1.29, 1.82) is 0 Å². The van der Waals surface area contributed by atoms with Crippen LogP contribution in [0.2, 0.25) is 0 Å². The Balaban J connectivity index is 1.75. The fourth-order valence-electron chi connectivity index (χ4n) is 3.17. The molecule has 1 aromatic rings. The average Bonchev–Trinajstić information content (AvgIpc) is 2.88. The maximum Gasteiger partial charge on any atom is 0.141 e. The predicted molar refractivity (Wildman–Crippen MR) is 69.8 cm³/mol. The van der Waals surface area contributed by atoms with Gasteiger partial charge in [0.1, 0.15) is 12.2 Å². The number of nitrogens with one attached hydrogen (secondary N) is 1. The van der Waals surface area contributed by atoms with Crippen molar-refractivity contribution in [3.05, 3.63) is 12.2 Å². The molecule has 1 atom stereocenters. The molecule has 6 nitrogen and oxygen atoms in total. The minimum absolute atomic E-state index is 0.00400. The van der Waals surface area contributed by atoms with Crippen molar-refractivity contribution in [2.24, 2.45) is 0 Å². The Morgan fingerprint density at radius 2 is 2.26 bits per heavy atom. The molecule has 0 bridgehead atoms. The van der Waals surface area contributed by atoms with Crippen molar-refractivity contribution in [2.75, 3.05) is 26.9 Å². The standard InChI is InChI=1S/C13H22N4O2/c1-14-9-12-15-10-16-17(12)11-2-5-19-13(8-11)3-6-18-7-4-13/h10-11,14H,2-9H2,1H3. The summed E-state index contributed by atoms with van der Waals surface area (Å²) in [6.07, 6.45) is 5.69. The summed E-state index contributed by atoms with van der Waals surface area (Å²) in [5.74, 6) is 1.01. The summed E-state index contributed by atoms with van der Waals surface area (Å²) in [4.78, 5) is 4.34. The lowest BCUT2D eigenvalue weighted by molar-refractivity contribution is -0.145. The van der Waals surface area contributed by atoms with Crippen molar-refractivity contribution >= 4 is 0 Å². The van der Waals surface area contributed by atoms with Crippen LogP contribution in [0.3, 0.4) is 0 Å². The molecule has 0 saturated carbocycles. The Bertz CT molecular complexity index is 409. The third-order valence-electron chi connectivity index (χ3n) is 4.20. The molecule has 1 spiro atoms. The maximum atomic E-state index is 6.08. The molecule has 19 heavy (non-hydrogen) atoms. The number of aromatic nitrogens is 3. The van der Waals surface area contributed by atoms with E-state index < -0.39 is 0 Å². The highest BCUT2D eigenvalue weighted by Crippen LogP contribution is 2.39. The van der Waals surface area contributed by atoms with Crippen molar-refractivity contribution in [1.82, 2.24) is 20.1 Å². The molecule has 1 N–H and O–H groups in total. The molecule has 0 aromatic carbocycles. The lowest BCUT2D eigenvalue weighted by atomic mass is 9.84. The predicted octanol–water partition coefficient (Wildman–Crippen LogP) is 0.898. The molecule has 2 saturated heterocycles. The molecule has 2 aliphatic heterocycles. The quantitative estimate of drug-likeness (QED) is 0.880. The molecule has 1 aromatic heterocycles. The van der Waals surface area contributed by atoms with Crippen LogP contribution in [0.1, 0.15) is 37.5 Å². The zero-order valence-corrected chi connectivity index (χ0v) is 11.5. The Labute approximate surface area is 113 Å². The third-order valence-corrected chi connectivity index (χ3v) is 4.20. The van der Waals surface area contributed by atoms with Crippen LogP contribution in [0.25, 0.3) is 0 Å². The van der Waals surface area contributed by atoms with E-state index in [1.165, 1.54) is 0 Å². The van der Waals surface area contributed by atoms with E-state index in [-0.39, 0.29) is 5.60 Å². The summed E-state index contributed by atoms with van der Waals surface area (Å²) in [7, 11) is 1.93. The Kier molecular flexibility index (Phi) is 3.81. The van der Waals surface area contributed by atoms with Gasteiger partial charge in [-0.15, -0.1) is 0 Å². The second-order valence-corrected chi connectivity index (χ2v) is 5.44. The van der Waals surface area contributed by atoms with E-state index in [4.69, 9.17) is 9.47 Å². The Morgan fingerprint density at radius 1 is 1.42 bits per heavy atom. The first-order valence-electron chi connectivity index (χ1n) is 7.08. The summed E-state index contributed by atoms with van der Waals surface area (Å²) in [6.45, 7) is 3.19. The first kappa shape index (κ1) is 13.0. The smallest absolute Gasteiger partial charge is 0.141 e. The highest BCUT2D eigenvalue weighted by molar-refractivity contribution is 4.94. The summed E-state index contributed by atoms with van der Waals surface area (Å²) >= 11 is 0. The molecular formula is C13H22N4O2. The summed E-state index contributed by atoms with van der Waals surface area (Å²) in [5.41, 5.74) is 0.00400. The van der Waals surface area contributed by atoms with E-state index in [1.807, 2.05) is 7.05 Å². The minimum Gasteiger partial charge on any atom is -0.381 e. The number of nitrogens with zero attached hydrogens (tertiary/aromatic N) is 3. The van der Waals surface area contributed by atoms with Gasteiger partial charge < -0.3 is 14.8 Å². The van der Waals surface area contributed by atoms with Crippen LogP contribution in [0.5, 0.6) is 0 Å². The minimum atomic E-state index is 0.00400. The van der Waals surface area contributed by atoms with Gasteiger partial charge in [0.2, 0.25) is 0 Å². The van der Waals surface area contributed by atoms with Gasteiger partial charge in [0.25, 0.3) is 0 Å². The fraction of sp³-hybridized carbons (Fsp3) is 0.846. The monoisotopic (exact) mass is 266 g/mol. The molecule has 106 valence electrons. The highest BCUT2D eigenvalue weighted by Gasteiger charge is 2.40. The van der Waals surface area contributed by atoms with E-state index in [2.05, 4.69) is 20.1 Å². The van der Waals surface area contributed by atoms with Crippen LogP contribution in [0.15, 0.2) is 6.33 Å². The third kappa shape index (κ3) is 2.66. The van der Waals surface area contributed by atoms with Crippen molar-refractivity contribution in [3.63, 3.8) is 0 Å². The number of ether oxygens (including phenoxy) is 2. The van der Waals surface area contributed by atoms with Gasteiger partial charge in [-0.25, -0.2) is 9.67 Å². The largest absolute Gasteiger partial charge is 0.381 e. The normalized spacial score (nSPS) is 26.7. The van der Waals surface area contributed by atoms with Gasteiger partial charge in [-0.05, 0) is 32.7 Å². The number of hydrogen-bond acceptors (Lipinski definition) is 5. The molecule has 2 aliphatic rings. The van der Waals surface area contributed by atoms with Crippen molar-refractivity contribution in [2.45, 2.75) is 43.9 Å². The SMILES string of the molecule is CNCc1ncnn1C1CCOC2(CCOCC2)C1. The number of hydrogen-bond donors (Lipinski definition) is 1. The second-order valence-electron chi connectivity index (χ2n) is 5.44.